The summed E-state index contributed by atoms with van der Waals surface area (Å²) in [5.74, 6) is 3.72. The minimum Gasteiger partial charge on any atom is -0.208 e. The van der Waals surface area contributed by atoms with Crippen LogP contribution in [0.2, 0.25) is 0 Å². The molecule has 6 heteroatoms. The van der Waals surface area contributed by atoms with Crippen molar-refractivity contribution in [2.45, 2.75) is 5.41 Å². The first kappa shape index (κ1) is 37.1. The van der Waals surface area contributed by atoms with Crippen LogP contribution in [-0.2, 0) is 5.41 Å². The molecule has 0 amide bonds. The molecule has 0 saturated heterocycles. The molecule has 0 radical (unpaired) electrons. The summed E-state index contributed by atoms with van der Waals surface area (Å²) in [5.41, 5.74) is 9.29. The van der Waals surface area contributed by atoms with Crippen molar-refractivity contribution in [2.24, 2.45) is 0 Å². The van der Waals surface area contributed by atoms with Gasteiger partial charge < -0.3 is 0 Å². The Balaban J connectivity index is 1.11. The molecule has 0 aliphatic heterocycles. The summed E-state index contributed by atoms with van der Waals surface area (Å²) in [6, 6.07) is 79.0. The van der Waals surface area contributed by atoms with Crippen LogP contribution < -0.4 is 0 Å². The zero-order valence-corrected chi connectivity index (χ0v) is 33.1. The molecule has 8 aromatic carbocycles. The lowest BCUT2D eigenvalue weighted by molar-refractivity contribution is 0.745. The topological polar surface area (TPSA) is 77.3 Å². The van der Waals surface area contributed by atoms with Gasteiger partial charge in [0.25, 0.3) is 0 Å². The molecule has 6 nitrogen and oxygen atoms in total. The molecule has 2 aromatic heterocycles. The van der Waals surface area contributed by atoms with Crippen LogP contribution in [0.3, 0.4) is 0 Å². The fourth-order valence-electron chi connectivity index (χ4n) is 7.99. The van der Waals surface area contributed by atoms with Gasteiger partial charge in [0.2, 0.25) is 0 Å². The average Bonchev–Trinajstić information content (AvgIpc) is 3.36. The molecule has 0 aliphatic rings. The van der Waals surface area contributed by atoms with Crippen molar-refractivity contribution in [3.05, 3.63) is 253 Å². The standard InChI is InChI=1S/C55H38N6/c1-7-19-39(20-8-1)49-56-50(40-21-9-2-10-22-40)59-53(58-49)43-31-35-47(36-32-43)55(45-27-15-5-16-28-45,46-29-17-6-18-30-46)48-37-33-44(34-38-48)54-60-51(41-23-11-3-12-24-41)57-52(61-54)42-25-13-4-14-26-42/h1-38H. The van der Waals surface area contributed by atoms with Crippen molar-refractivity contribution >= 4 is 0 Å². The maximum atomic E-state index is 5.02. The monoisotopic (exact) mass is 782 g/mol. The van der Waals surface area contributed by atoms with E-state index in [4.69, 9.17) is 29.9 Å². The molecule has 0 bridgehead atoms. The first-order valence-corrected chi connectivity index (χ1v) is 20.3. The van der Waals surface area contributed by atoms with Crippen LogP contribution in [0.25, 0.3) is 68.3 Å². The number of rotatable bonds is 10. The SMILES string of the molecule is c1ccc(-c2nc(-c3ccccc3)nc(-c3ccc(C(c4ccccc4)(c4ccccc4)c4ccc(-c5nc(-c6ccccc6)nc(-c6ccccc6)n5)cc4)cc3)n2)cc1. The van der Waals surface area contributed by atoms with E-state index >= 15 is 0 Å². The van der Waals surface area contributed by atoms with Gasteiger partial charge in [-0.2, -0.15) is 0 Å². The third-order valence-corrected chi connectivity index (χ3v) is 11.0. The summed E-state index contributed by atoms with van der Waals surface area (Å²) in [5, 5.41) is 0. The molecule has 10 rings (SSSR count). The van der Waals surface area contributed by atoms with Gasteiger partial charge in [-0.25, -0.2) is 29.9 Å². The second-order valence-corrected chi connectivity index (χ2v) is 14.7. The predicted octanol–water partition coefficient (Wildman–Crippen LogP) is 12.4. The first-order valence-electron chi connectivity index (χ1n) is 20.3. The molecule has 0 atom stereocenters. The van der Waals surface area contributed by atoms with Crippen LogP contribution >= 0.6 is 0 Å². The summed E-state index contributed by atoms with van der Waals surface area (Å²) >= 11 is 0. The summed E-state index contributed by atoms with van der Waals surface area (Å²) in [7, 11) is 0. The Hall–Kier alpha value is -8.22. The van der Waals surface area contributed by atoms with Crippen molar-refractivity contribution in [1.82, 2.24) is 29.9 Å². The lowest BCUT2D eigenvalue weighted by atomic mass is 9.65. The smallest absolute Gasteiger partial charge is 0.164 e. The Bertz CT molecular complexity index is 2690. The third-order valence-electron chi connectivity index (χ3n) is 11.0. The highest BCUT2D eigenvalue weighted by Gasteiger charge is 2.38. The number of benzene rings is 8. The average molecular weight is 783 g/mol. The normalized spacial score (nSPS) is 11.3. The van der Waals surface area contributed by atoms with Gasteiger partial charge in [0.05, 0.1) is 5.41 Å². The van der Waals surface area contributed by atoms with Crippen LogP contribution in [0.4, 0.5) is 0 Å². The van der Waals surface area contributed by atoms with E-state index in [2.05, 4.69) is 109 Å². The van der Waals surface area contributed by atoms with Crippen LogP contribution in [0.1, 0.15) is 22.3 Å². The lowest BCUT2D eigenvalue weighted by Crippen LogP contribution is -2.31. The van der Waals surface area contributed by atoms with Gasteiger partial charge in [0.15, 0.2) is 34.9 Å². The van der Waals surface area contributed by atoms with Gasteiger partial charge in [-0.1, -0.05) is 231 Å². The second-order valence-electron chi connectivity index (χ2n) is 14.7. The van der Waals surface area contributed by atoms with E-state index in [9.17, 15) is 0 Å². The highest BCUT2D eigenvalue weighted by molar-refractivity contribution is 5.70. The van der Waals surface area contributed by atoms with Crippen LogP contribution in [0.15, 0.2) is 231 Å². The Morgan fingerprint density at radius 3 is 0.590 bits per heavy atom. The zero-order valence-electron chi connectivity index (χ0n) is 33.1. The molecule has 0 spiro atoms. The number of nitrogens with zero attached hydrogens (tertiary/aromatic N) is 6. The van der Waals surface area contributed by atoms with Gasteiger partial charge in [0.1, 0.15) is 0 Å². The van der Waals surface area contributed by atoms with E-state index in [0.717, 1.165) is 55.6 Å². The minimum absolute atomic E-state index is 0.607. The summed E-state index contributed by atoms with van der Waals surface area (Å²) < 4.78 is 0. The summed E-state index contributed by atoms with van der Waals surface area (Å²) in [4.78, 5) is 29.9. The van der Waals surface area contributed by atoms with Gasteiger partial charge in [0, 0.05) is 33.4 Å². The van der Waals surface area contributed by atoms with Crippen molar-refractivity contribution in [3.63, 3.8) is 0 Å². The molecular weight excluding hydrogens is 745 g/mol. The molecule has 0 N–H and O–H groups in total. The number of hydrogen-bond donors (Lipinski definition) is 0. The highest BCUT2D eigenvalue weighted by atomic mass is 15.0. The fourth-order valence-corrected chi connectivity index (χ4v) is 7.99. The van der Waals surface area contributed by atoms with E-state index in [0.29, 0.717) is 34.9 Å². The van der Waals surface area contributed by atoms with E-state index < -0.39 is 5.41 Å². The Morgan fingerprint density at radius 1 is 0.180 bits per heavy atom. The minimum atomic E-state index is -0.688. The molecule has 0 unspecified atom stereocenters. The van der Waals surface area contributed by atoms with E-state index in [-0.39, 0.29) is 0 Å². The predicted molar refractivity (Wildman–Crippen MR) is 244 cm³/mol. The van der Waals surface area contributed by atoms with E-state index in [1.807, 2.05) is 121 Å². The second kappa shape index (κ2) is 16.6. The molecule has 0 saturated carbocycles. The molecule has 0 fully saturated rings. The molecule has 2 heterocycles. The largest absolute Gasteiger partial charge is 0.208 e. The van der Waals surface area contributed by atoms with Crippen molar-refractivity contribution in [1.29, 1.82) is 0 Å². The highest BCUT2D eigenvalue weighted by Crippen LogP contribution is 2.46. The van der Waals surface area contributed by atoms with Crippen LogP contribution in [0.5, 0.6) is 0 Å². The molecule has 288 valence electrons. The Kier molecular flexibility index (Phi) is 10.1. The van der Waals surface area contributed by atoms with E-state index in [1.165, 1.54) is 0 Å². The van der Waals surface area contributed by atoms with Gasteiger partial charge in [-0.3, -0.25) is 0 Å². The Labute approximate surface area is 355 Å². The maximum Gasteiger partial charge on any atom is 0.164 e. The van der Waals surface area contributed by atoms with Crippen LogP contribution in [0, 0.1) is 0 Å². The molecule has 0 aliphatic carbocycles. The summed E-state index contributed by atoms with van der Waals surface area (Å²) in [6.45, 7) is 0. The molecule has 10 aromatic rings. The van der Waals surface area contributed by atoms with Crippen molar-refractivity contribution in [2.75, 3.05) is 0 Å². The van der Waals surface area contributed by atoms with Gasteiger partial charge in [-0.05, 0) is 22.3 Å². The zero-order chi connectivity index (χ0) is 40.9. The quantitative estimate of drug-likeness (QED) is 0.129. The Morgan fingerprint density at radius 2 is 0.361 bits per heavy atom. The lowest BCUT2D eigenvalue weighted by Gasteiger charge is -2.37. The van der Waals surface area contributed by atoms with Gasteiger partial charge >= 0.3 is 0 Å². The first-order chi connectivity index (χ1) is 30.2. The molecule has 61 heavy (non-hydrogen) atoms. The van der Waals surface area contributed by atoms with Crippen molar-refractivity contribution < 1.29 is 0 Å². The van der Waals surface area contributed by atoms with Crippen molar-refractivity contribution in [3.8, 4) is 68.3 Å². The molecular formula is C55H38N6. The van der Waals surface area contributed by atoms with Gasteiger partial charge in [-0.15, -0.1) is 0 Å². The fraction of sp³-hybridized carbons (Fsp3) is 0.0182. The van der Waals surface area contributed by atoms with Crippen LogP contribution in [-0.4, -0.2) is 29.9 Å². The van der Waals surface area contributed by atoms with E-state index in [1.54, 1.807) is 0 Å². The maximum absolute atomic E-state index is 5.02. The summed E-state index contributed by atoms with van der Waals surface area (Å²) in [6.07, 6.45) is 0. The number of aromatic nitrogens is 6. The number of hydrogen-bond acceptors (Lipinski definition) is 6. The third kappa shape index (κ3) is 7.39.